The number of likely N-dealkylation sites (N-methyl/N-ethyl adjacent to an activating group) is 1. The minimum atomic E-state index is 0.345. The average Bonchev–Trinajstić information content (AvgIpc) is 2.49. The number of piperazine rings is 1. The highest BCUT2D eigenvalue weighted by molar-refractivity contribution is 5.25. The van der Waals surface area contributed by atoms with Crippen LogP contribution in [0.4, 0.5) is 0 Å². The van der Waals surface area contributed by atoms with Crippen LogP contribution in [0.3, 0.4) is 0 Å². The molecule has 0 spiro atoms. The van der Waals surface area contributed by atoms with Gasteiger partial charge in [0.2, 0.25) is 0 Å². The third-order valence-electron chi connectivity index (χ3n) is 4.32. The van der Waals surface area contributed by atoms with Crippen molar-refractivity contribution in [3.8, 4) is 5.75 Å². The summed E-state index contributed by atoms with van der Waals surface area (Å²) in [5.41, 5.74) is 1.29. The maximum absolute atomic E-state index is 9.27. The van der Waals surface area contributed by atoms with E-state index < -0.39 is 0 Å². The van der Waals surface area contributed by atoms with Gasteiger partial charge >= 0.3 is 0 Å². The summed E-state index contributed by atoms with van der Waals surface area (Å²) in [6, 6.07) is 8.08. The summed E-state index contributed by atoms with van der Waals surface area (Å²) in [7, 11) is 2.20. The number of aromatic hydroxyl groups is 1. The quantitative estimate of drug-likeness (QED) is 0.799. The van der Waals surface area contributed by atoms with Gasteiger partial charge in [0.15, 0.2) is 0 Å². The van der Waals surface area contributed by atoms with Gasteiger partial charge in [-0.2, -0.15) is 0 Å². The molecule has 4 heteroatoms. The van der Waals surface area contributed by atoms with Crippen LogP contribution in [0, 0.1) is 0 Å². The lowest BCUT2D eigenvalue weighted by Crippen LogP contribution is -2.47. The average molecular weight is 291 g/mol. The topological polar surface area (TPSA) is 38.7 Å². The lowest BCUT2D eigenvalue weighted by atomic mass is 10.1. The Kier molecular flexibility index (Phi) is 6.49. The fourth-order valence-electron chi connectivity index (χ4n) is 2.69. The molecule has 2 rings (SSSR count). The summed E-state index contributed by atoms with van der Waals surface area (Å²) >= 11 is 0. The molecule has 0 saturated carbocycles. The first kappa shape index (κ1) is 16.3. The molecule has 0 bridgehead atoms. The minimum Gasteiger partial charge on any atom is -0.508 e. The molecule has 0 aromatic heterocycles. The number of aryl methyl sites for hydroxylation is 1. The molecule has 1 aliphatic heterocycles. The minimum absolute atomic E-state index is 0.345. The Morgan fingerprint density at radius 2 is 1.81 bits per heavy atom. The van der Waals surface area contributed by atoms with Gasteiger partial charge in [-0.25, -0.2) is 0 Å². The number of nitrogens with zero attached hydrogens (tertiary/aromatic N) is 2. The van der Waals surface area contributed by atoms with Crippen LogP contribution in [-0.2, 0) is 6.42 Å². The molecule has 1 atom stereocenters. The van der Waals surface area contributed by atoms with Gasteiger partial charge in [0.25, 0.3) is 0 Å². The van der Waals surface area contributed by atoms with E-state index in [-0.39, 0.29) is 0 Å². The van der Waals surface area contributed by atoms with E-state index in [0.29, 0.717) is 11.8 Å². The highest BCUT2D eigenvalue weighted by atomic mass is 16.3. The number of hydrogen-bond acceptors (Lipinski definition) is 4. The van der Waals surface area contributed by atoms with Crippen molar-refractivity contribution >= 4 is 0 Å². The monoisotopic (exact) mass is 291 g/mol. The molecule has 1 aromatic carbocycles. The third kappa shape index (κ3) is 6.04. The van der Waals surface area contributed by atoms with E-state index >= 15 is 0 Å². The van der Waals surface area contributed by atoms with Crippen LogP contribution in [0.2, 0.25) is 0 Å². The van der Waals surface area contributed by atoms with E-state index in [2.05, 4.69) is 29.1 Å². The molecule has 1 aromatic rings. The second-order valence-corrected chi connectivity index (χ2v) is 6.21. The molecule has 1 saturated heterocycles. The van der Waals surface area contributed by atoms with Gasteiger partial charge in [0.1, 0.15) is 5.75 Å². The normalized spacial score (nSPS) is 18.8. The van der Waals surface area contributed by atoms with Crippen LogP contribution in [-0.4, -0.2) is 67.3 Å². The Morgan fingerprint density at radius 1 is 1.14 bits per heavy atom. The number of nitrogens with one attached hydrogen (secondary N) is 1. The van der Waals surface area contributed by atoms with Crippen molar-refractivity contribution in [3.63, 3.8) is 0 Å². The summed E-state index contributed by atoms with van der Waals surface area (Å²) in [4.78, 5) is 4.93. The van der Waals surface area contributed by atoms with E-state index in [0.717, 1.165) is 25.9 Å². The van der Waals surface area contributed by atoms with Crippen LogP contribution in [0.1, 0.15) is 18.9 Å². The molecule has 1 aliphatic rings. The molecule has 0 amide bonds. The summed E-state index contributed by atoms with van der Waals surface area (Å²) in [5, 5.41) is 12.9. The van der Waals surface area contributed by atoms with Gasteiger partial charge in [-0.15, -0.1) is 0 Å². The van der Waals surface area contributed by atoms with E-state index in [9.17, 15) is 5.11 Å². The van der Waals surface area contributed by atoms with Gasteiger partial charge < -0.3 is 15.3 Å². The van der Waals surface area contributed by atoms with Crippen molar-refractivity contribution in [3.05, 3.63) is 29.8 Å². The molecule has 1 heterocycles. The summed E-state index contributed by atoms with van der Waals surface area (Å²) in [6.07, 6.45) is 2.19. The Bertz CT molecular complexity index is 399. The molecule has 21 heavy (non-hydrogen) atoms. The van der Waals surface area contributed by atoms with Crippen molar-refractivity contribution in [2.45, 2.75) is 25.8 Å². The third-order valence-corrected chi connectivity index (χ3v) is 4.32. The Labute approximate surface area is 128 Å². The highest BCUT2D eigenvalue weighted by Gasteiger charge is 2.13. The van der Waals surface area contributed by atoms with Gasteiger partial charge in [-0.05, 0) is 44.5 Å². The summed E-state index contributed by atoms with van der Waals surface area (Å²) in [6.45, 7) is 9.25. The van der Waals surface area contributed by atoms with Gasteiger partial charge in [0, 0.05) is 45.3 Å². The van der Waals surface area contributed by atoms with Gasteiger partial charge in [0.05, 0.1) is 0 Å². The maximum atomic E-state index is 9.27. The predicted octanol–water partition coefficient (Wildman–Crippen LogP) is 1.55. The lowest BCUT2D eigenvalue weighted by molar-refractivity contribution is 0.153. The molecular weight excluding hydrogens is 262 g/mol. The van der Waals surface area contributed by atoms with E-state index in [1.54, 1.807) is 12.1 Å². The van der Waals surface area contributed by atoms with Crippen LogP contribution in [0.25, 0.3) is 0 Å². The Hall–Kier alpha value is -1.10. The molecule has 118 valence electrons. The van der Waals surface area contributed by atoms with Crippen LogP contribution in [0.15, 0.2) is 24.3 Å². The van der Waals surface area contributed by atoms with Gasteiger partial charge in [-0.1, -0.05) is 12.1 Å². The van der Waals surface area contributed by atoms with E-state index in [1.807, 2.05) is 12.1 Å². The SMILES string of the molecule is CC(CCc1ccc(O)cc1)NCCN1CCN(C)CC1. The zero-order valence-corrected chi connectivity index (χ0v) is 13.4. The van der Waals surface area contributed by atoms with Crippen LogP contribution < -0.4 is 5.32 Å². The number of benzene rings is 1. The summed E-state index contributed by atoms with van der Waals surface area (Å²) in [5.74, 6) is 0.345. The molecule has 0 radical (unpaired) electrons. The van der Waals surface area contributed by atoms with Crippen molar-refractivity contribution in [1.82, 2.24) is 15.1 Å². The van der Waals surface area contributed by atoms with Crippen molar-refractivity contribution in [1.29, 1.82) is 0 Å². The van der Waals surface area contributed by atoms with Crippen molar-refractivity contribution < 1.29 is 5.11 Å². The first-order chi connectivity index (χ1) is 10.1. The number of hydrogen-bond donors (Lipinski definition) is 2. The molecule has 1 fully saturated rings. The second kappa shape index (κ2) is 8.37. The maximum Gasteiger partial charge on any atom is 0.115 e. The summed E-state index contributed by atoms with van der Waals surface area (Å²) < 4.78 is 0. The zero-order valence-electron chi connectivity index (χ0n) is 13.4. The lowest BCUT2D eigenvalue weighted by Gasteiger charge is -2.32. The standard InChI is InChI=1S/C17H29N3O/c1-15(3-4-16-5-7-17(21)8-6-16)18-9-10-20-13-11-19(2)12-14-20/h5-8,15,18,21H,3-4,9-14H2,1-2H3. The molecule has 4 nitrogen and oxygen atoms in total. The fraction of sp³-hybridized carbons (Fsp3) is 0.647. The van der Waals surface area contributed by atoms with Crippen LogP contribution in [0.5, 0.6) is 5.75 Å². The number of phenolic OH excluding ortho intramolecular Hbond substituents is 1. The molecule has 1 unspecified atom stereocenters. The van der Waals surface area contributed by atoms with E-state index in [1.165, 1.54) is 31.7 Å². The van der Waals surface area contributed by atoms with Crippen LogP contribution >= 0.6 is 0 Å². The number of phenols is 1. The highest BCUT2D eigenvalue weighted by Crippen LogP contribution is 2.11. The Balaban J connectivity index is 1.57. The van der Waals surface area contributed by atoms with Crippen molar-refractivity contribution in [2.24, 2.45) is 0 Å². The molecule has 0 aliphatic carbocycles. The molecular formula is C17H29N3O. The van der Waals surface area contributed by atoms with Crippen molar-refractivity contribution in [2.75, 3.05) is 46.3 Å². The van der Waals surface area contributed by atoms with E-state index in [4.69, 9.17) is 0 Å². The molecule has 2 N–H and O–H groups in total. The zero-order chi connectivity index (χ0) is 15.1. The predicted molar refractivity (Wildman–Crippen MR) is 87.8 cm³/mol. The fourth-order valence-corrected chi connectivity index (χ4v) is 2.69. The number of rotatable bonds is 7. The largest absolute Gasteiger partial charge is 0.508 e. The second-order valence-electron chi connectivity index (χ2n) is 6.21. The van der Waals surface area contributed by atoms with Gasteiger partial charge in [-0.3, -0.25) is 4.90 Å². The first-order valence-electron chi connectivity index (χ1n) is 8.05. The first-order valence-corrected chi connectivity index (χ1v) is 8.05. The smallest absolute Gasteiger partial charge is 0.115 e. The Morgan fingerprint density at radius 3 is 2.48 bits per heavy atom.